The molecular formula is C22H23NO4S. The molecule has 0 saturated heterocycles. The van der Waals surface area contributed by atoms with E-state index in [-0.39, 0.29) is 24.7 Å². The van der Waals surface area contributed by atoms with E-state index in [1.165, 1.54) is 11.8 Å². The van der Waals surface area contributed by atoms with Gasteiger partial charge in [0.2, 0.25) is 11.7 Å². The van der Waals surface area contributed by atoms with Crippen LogP contribution in [0.2, 0.25) is 0 Å². The fraction of sp³-hybridized carbons (Fsp3) is 0.318. The Hall–Kier alpha value is -2.60. The first-order valence-electron chi connectivity index (χ1n) is 9.20. The zero-order valence-electron chi connectivity index (χ0n) is 16.2. The Bertz CT molecular complexity index is 925. The average Bonchev–Trinajstić information content (AvgIpc) is 2.68. The first kappa shape index (κ1) is 20.1. The molecule has 6 heteroatoms. The fourth-order valence-corrected chi connectivity index (χ4v) is 3.98. The third kappa shape index (κ3) is 4.44. The van der Waals surface area contributed by atoms with E-state index < -0.39 is 12.1 Å². The first-order chi connectivity index (χ1) is 13.4. The van der Waals surface area contributed by atoms with Gasteiger partial charge in [0, 0.05) is 17.0 Å². The molecule has 0 bridgehead atoms. The number of hydrogen-bond donors (Lipinski definition) is 0. The van der Waals surface area contributed by atoms with Crippen LogP contribution < -0.4 is 4.90 Å². The summed E-state index contributed by atoms with van der Waals surface area (Å²) < 4.78 is 5.32. The van der Waals surface area contributed by atoms with Crippen LogP contribution in [0.25, 0.3) is 0 Å². The van der Waals surface area contributed by atoms with E-state index in [0.717, 1.165) is 21.7 Å². The normalized spacial score (nSPS) is 14.4. The van der Waals surface area contributed by atoms with Gasteiger partial charge in [-0.1, -0.05) is 24.3 Å². The molecule has 0 aromatic heterocycles. The number of thioether (sulfide) groups is 1. The molecule has 0 unspecified atom stereocenters. The molecule has 3 rings (SSSR count). The van der Waals surface area contributed by atoms with Gasteiger partial charge >= 0.3 is 5.97 Å². The van der Waals surface area contributed by atoms with Gasteiger partial charge in [-0.05, 0) is 50.1 Å². The lowest BCUT2D eigenvalue weighted by molar-refractivity contribution is -0.146. The summed E-state index contributed by atoms with van der Waals surface area (Å²) in [6, 6.07) is 13.1. The van der Waals surface area contributed by atoms with E-state index in [4.69, 9.17) is 4.74 Å². The number of hydrogen-bond acceptors (Lipinski definition) is 5. The largest absolute Gasteiger partial charge is 0.454 e. The average molecular weight is 397 g/mol. The minimum Gasteiger partial charge on any atom is -0.454 e. The lowest BCUT2D eigenvalue weighted by atomic mass is 10.0. The molecule has 2 aromatic rings. The summed E-state index contributed by atoms with van der Waals surface area (Å²) in [7, 11) is 0. The number of esters is 1. The monoisotopic (exact) mass is 397 g/mol. The van der Waals surface area contributed by atoms with E-state index in [9.17, 15) is 14.4 Å². The summed E-state index contributed by atoms with van der Waals surface area (Å²) in [6.07, 6.45) is -0.829. The van der Waals surface area contributed by atoms with Crippen molar-refractivity contribution >= 4 is 35.1 Å². The molecule has 0 aliphatic carbocycles. The number of para-hydroxylation sites is 1. The molecule has 1 aliphatic heterocycles. The smallest absolute Gasteiger partial charge is 0.308 e. The highest BCUT2D eigenvalue weighted by Crippen LogP contribution is 2.34. The Morgan fingerprint density at radius 3 is 2.64 bits per heavy atom. The predicted octanol–water partition coefficient (Wildman–Crippen LogP) is 3.95. The number of anilines is 1. The Balaban J connectivity index is 1.59. The van der Waals surface area contributed by atoms with Crippen LogP contribution >= 0.6 is 11.8 Å². The van der Waals surface area contributed by atoms with Crippen molar-refractivity contribution in [1.82, 2.24) is 0 Å². The number of nitrogens with zero attached hydrogens (tertiary/aromatic N) is 1. The summed E-state index contributed by atoms with van der Waals surface area (Å²) in [4.78, 5) is 39.7. The third-order valence-corrected chi connectivity index (χ3v) is 5.86. The van der Waals surface area contributed by atoms with Gasteiger partial charge in [-0.25, -0.2) is 0 Å². The second kappa shape index (κ2) is 8.61. The molecule has 1 aliphatic rings. The standard InChI is InChI=1S/C22H23NO4S/c1-14-8-9-17(12-15(14)2)22(26)16(3)27-21(25)10-11-23-18-6-4-5-7-19(18)28-13-20(23)24/h4-9,12,16H,10-11,13H2,1-3H3/t16-/m1/s1. The van der Waals surface area contributed by atoms with Crippen molar-refractivity contribution in [2.45, 2.75) is 38.2 Å². The SMILES string of the molecule is Cc1ccc(C(=O)[C@@H](C)OC(=O)CCN2C(=O)CSc3ccccc32)cc1C. The summed E-state index contributed by atoms with van der Waals surface area (Å²) in [5.41, 5.74) is 3.46. The second-order valence-electron chi connectivity index (χ2n) is 6.85. The quantitative estimate of drug-likeness (QED) is 0.546. The highest BCUT2D eigenvalue weighted by atomic mass is 32.2. The van der Waals surface area contributed by atoms with Crippen LogP contribution in [0.3, 0.4) is 0 Å². The maximum Gasteiger partial charge on any atom is 0.308 e. The summed E-state index contributed by atoms with van der Waals surface area (Å²) in [6.45, 7) is 5.73. The number of Topliss-reactive ketones (excluding diaryl/α,β-unsaturated/α-hetero) is 1. The number of rotatable bonds is 6. The molecule has 28 heavy (non-hydrogen) atoms. The van der Waals surface area contributed by atoms with Crippen molar-refractivity contribution in [3.05, 3.63) is 59.2 Å². The lowest BCUT2D eigenvalue weighted by Crippen LogP contribution is -2.37. The van der Waals surface area contributed by atoms with Gasteiger partial charge in [-0.3, -0.25) is 14.4 Å². The van der Waals surface area contributed by atoms with E-state index in [0.29, 0.717) is 11.3 Å². The molecule has 1 amide bonds. The predicted molar refractivity (Wildman–Crippen MR) is 110 cm³/mol. The number of fused-ring (bicyclic) bond motifs is 1. The Kier molecular flexibility index (Phi) is 6.19. The number of carbonyl (C=O) groups excluding carboxylic acids is 3. The van der Waals surface area contributed by atoms with Gasteiger partial charge in [-0.15, -0.1) is 11.8 Å². The Labute approximate surface area is 169 Å². The lowest BCUT2D eigenvalue weighted by Gasteiger charge is -2.28. The molecule has 5 nitrogen and oxygen atoms in total. The molecular weight excluding hydrogens is 374 g/mol. The maximum absolute atomic E-state index is 12.5. The second-order valence-corrected chi connectivity index (χ2v) is 7.86. The van der Waals surface area contributed by atoms with Crippen LogP contribution in [0.5, 0.6) is 0 Å². The van der Waals surface area contributed by atoms with Crippen LogP contribution in [0.15, 0.2) is 47.4 Å². The Morgan fingerprint density at radius 2 is 1.89 bits per heavy atom. The van der Waals surface area contributed by atoms with Gasteiger partial charge in [0.25, 0.3) is 0 Å². The maximum atomic E-state index is 12.5. The number of carbonyl (C=O) groups is 3. The topological polar surface area (TPSA) is 63.7 Å². The number of amides is 1. The third-order valence-electron chi connectivity index (χ3n) is 4.82. The number of aryl methyl sites for hydroxylation is 2. The molecule has 0 radical (unpaired) electrons. The first-order valence-corrected chi connectivity index (χ1v) is 10.2. The van der Waals surface area contributed by atoms with E-state index in [1.54, 1.807) is 17.9 Å². The molecule has 2 aromatic carbocycles. The van der Waals surface area contributed by atoms with Gasteiger partial charge < -0.3 is 9.64 Å². The van der Waals surface area contributed by atoms with Gasteiger partial charge in [0.1, 0.15) is 0 Å². The van der Waals surface area contributed by atoms with Gasteiger partial charge in [-0.2, -0.15) is 0 Å². The van der Waals surface area contributed by atoms with Crippen LogP contribution in [0.1, 0.15) is 34.8 Å². The molecule has 0 spiro atoms. The molecule has 0 saturated carbocycles. The molecule has 1 atom stereocenters. The van der Waals surface area contributed by atoms with Crippen molar-refractivity contribution in [3.63, 3.8) is 0 Å². The summed E-state index contributed by atoms with van der Waals surface area (Å²) in [5, 5.41) is 0. The fourth-order valence-electron chi connectivity index (χ4n) is 3.04. The minimum absolute atomic E-state index is 0.0317. The van der Waals surface area contributed by atoms with Gasteiger partial charge in [0.05, 0.1) is 17.9 Å². The van der Waals surface area contributed by atoms with Crippen LogP contribution in [0.4, 0.5) is 5.69 Å². The van der Waals surface area contributed by atoms with E-state index in [2.05, 4.69) is 0 Å². The van der Waals surface area contributed by atoms with Crippen LogP contribution in [0, 0.1) is 13.8 Å². The zero-order chi connectivity index (χ0) is 20.3. The van der Waals surface area contributed by atoms with E-state index in [1.807, 2.05) is 50.2 Å². The molecule has 0 fully saturated rings. The van der Waals surface area contributed by atoms with Crippen LogP contribution in [-0.4, -0.2) is 36.1 Å². The summed E-state index contributed by atoms with van der Waals surface area (Å²) >= 11 is 1.50. The highest BCUT2D eigenvalue weighted by Gasteiger charge is 2.26. The zero-order valence-corrected chi connectivity index (χ0v) is 17.0. The van der Waals surface area contributed by atoms with E-state index >= 15 is 0 Å². The number of benzene rings is 2. The van der Waals surface area contributed by atoms with Crippen molar-refractivity contribution in [2.75, 3.05) is 17.2 Å². The number of ketones is 1. The van der Waals surface area contributed by atoms with Crippen molar-refractivity contribution in [3.8, 4) is 0 Å². The van der Waals surface area contributed by atoms with Crippen LogP contribution in [-0.2, 0) is 14.3 Å². The van der Waals surface area contributed by atoms with Crippen molar-refractivity contribution in [1.29, 1.82) is 0 Å². The van der Waals surface area contributed by atoms with Crippen molar-refractivity contribution < 1.29 is 19.1 Å². The highest BCUT2D eigenvalue weighted by molar-refractivity contribution is 8.00. The Morgan fingerprint density at radius 1 is 1.14 bits per heavy atom. The minimum atomic E-state index is -0.866. The summed E-state index contributed by atoms with van der Waals surface area (Å²) in [5.74, 6) is -0.399. The van der Waals surface area contributed by atoms with Crippen molar-refractivity contribution in [2.24, 2.45) is 0 Å². The molecule has 146 valence electrons. The molecule has 1 heterocycles. The van der Waals surface area contributed by atoms with Gasteiger partial charge in [0.15, 0.2) is 6.10 Å². The molecule has 0 N–H and O–H groups in total. The number of ether oxygens (including phenoxy) is 1.